The van der Waals surface area contributed by atoms with Gasteiger partial charge >= 0.3 is 6.18 Å². The topological polar surface area (TPSA) is 70.5 Å². The third-order valence-electron chi connectivity index (χ3n) is 4.60. The highest BCUT2D eigenvalue weighted by Crippen LogP contribution is 2.38. The average Bonchev–Trinajstić information content (AvgIpc) is 2.61. The van der Waals surface area contributed by atoms with Crippen LogP contribution >= 0.6 is 0 Å². The number of hydrogen-bond donors (Lipinski definition) is 2. The second-order valence-corrected chi connectivity index (χ2v) is 6.58. The van der Waals surface area contributed by atoms with Gasteiger partial charge in [0.25, 0.3) is 0 Å². The van der Waals surface area contributed by atoms with Crippen LogP contribution in [0.25, 0.3) is 11.3 Å². The lowest BCUT2D eigenvalue weighted by atomic mass is 10.0. The highest BCUT2D eigenvalue weighted by atomic mass is 19.4. The molecule has 0 bridgehead atoms. The number of halogens is 3. The average molecular weight is 382 g/mol. The Kier molecular flexibility index (Phi) is 5.52. The summed E-state index contributed by atoms with van der Waals surface area (Å²) < 4.78 is 44.0. The van der Waals surface area contributed by atoms with E-state index in [2.05, 4.69) is 20.4 Å². The maximum absolute atomic E-state index is 12.8. The zero-order valence-corrected chi connectivity index (χ0v) is 15.0. The van der Waals surface area contributed by atoms with Crippen LogP contribution in [0.15, 0.2) is 24.3 Å². The molecule has 2 aromatic rings. The summed E-state index contributed by atoms with van der Waals surface area (Å²) in [5.41, 5.74) is -0.0745. The number of benzene rings is 1. The lowest BCUT2D eigenvalue weighted by Gasteiger charge is -2.32. The Hall–Kier alpha value is -2.39. The number of nitrogens with one attached hydrogen (secondary N) is 1. The first-order valence-corrected chi connectivity index (χ1v) is 8.52. The molecule has 9 heteroatoms. The van der Waals surface area contributed by atoms with Crippen molar-refractivity contribution in [3.05, 3.63) is 35.4 Å². The van der Waals surface area contributed by atoms with Crippen molar-refractivity contribution >= 4 is 5.82 Å². The van der Waals surface area contributed by atoms with Crippen LogP contribution in [0.1, 0.15) is 11.1 Å². The zero-order valence-electron chi connectivity index (χ0n) is 15.0. The first kappa shape index (κ1) is 19.4. The van der Waals surface area contributed by atoms with E-state index in [0.717, 1.165) is 19.2 Å². The van der Waals surface area contributed by atoms with Crippen LogP contribution in [0.3, 0.4) is 0 Å². The van der Waals surface area contributed by atoms with Crippen LogP contribution in [-0.2, 0) is 10.9 Å². The number of anilines is 1. The predicted octanol–water partition coefficient (Wildman–Crippen LogP) is 2.92. The van der Waals surface area contributed by atoms with E-state index in [1.807, 2.05) is 7.05 Å². The molecule has 0 aliphatic carbocycles. The molecular formula is C18H21F3N4O2. The monoisotopic (exact) mass is 382 g/mol. The van der Waals surface area contributed by atoms with E-state index in [9.17, 15) is 18.3 Å². The number of alkyl halides is 3. The van der Waals surface area contributed by atoms with Gasteiger partial charge in [0.1, 0.15) is 11.6 Å². The number of nitrogens with zero attached hydrogens (tertiary/aromatic N) is 3. The molecular weight excluding hydrogens is 361 g/mol. The summed E-state index contributed by atoms with van der Waals surface area (Å²) in [5.74, 6) is 0.0695. The van der Waals surface area contributed by atoms with Crippen molar-refractivity contribution in [1.29, 1.82) is 0 Å². The van der Waals surface area contributed by atoms with Gasteiger partial charge in [-0.3, -0.25) is 4.90 Å². The van der Waals surface area contributed by atoms with Gasteiger partial charge in [0.15, 0.2) is 0 Å². The largest absolute Gasteiger partial charge is 0.507 e. The second kappa shape index (κ2) is 7.69. The number of morpholine rings is 1. The molecule has 3 rings (SSSR count). The molecule has 0 spiro atoms. The lowest BCUT2D eigenvalue weighted by molar-refractivity contribution is -0.137. The van der Waals surface area contributed by atoms with E-state index >= 15 is 0 Å². The molecule has 0 saturated carbocycles. The van der Waals surface area contributed by atoms with E-state index in [1.165, 1.54) is 6.92 Å². The molecule has 27 heavy (non-hydrogen) atoms. The Balaban J connectivity index is 1.73. The molecule has 2 heterocycles. The molecule has 1 aliphatic heterocycles. The third kappa shape index (κ3) is 4.48. The molecule has 6 nitrogen and oxygen atoms in total. The number of aryl methyl sites for hydroxylation is 1. The molecule has 1 unspecified atom stereocenters. The van der Waals surface area contributed by atoms with Gasteiger partial charge in [-0.2, -0.15) is 13.2 Å². The molecule has 1 fully saturated rings. The first-order chi connectivity index (χ1) is 12.8. The number of hydrogen-bond acceptors (Lipinski definition) is 6. The van der Waals surface area contributed by atoms with Gasteiger partial charge in [0, 0.05) is 18.7 Å². The van der Waals surface area contributed by atoms with Crippen molar-refractivity contribution in [3.8, 4) is 17.0 Å². The molecule has 2 N–H and O–H groups in total. The standard InChI is InChI=1S/C18H21F3N4O2/c1-11-7-12(18(19,20)21)8-15(26)17(11)14-3-4-16(24-23-14)22-9-13-10-27-6-5-25(13)2/h3-4,7-8,13,26H,5-6,9-10H2,1-2H3,(H,22,24). The van der Waals surface area contributed by atoms with Crippen LogP contribution in [0, 0.1) is 6.92 Å². The van der Waals surface area contributed by atoms with E-state index in [4.69, 9.17) is 4.74 Å². The normalized spacial score (nSPS) is 18.5. The number of likely N-dealkylation sites (N-methyl/N-ethyl adjacent to an activating group) is 1. The molecule has 0 amide bonds. The van der Waals surface area contributed by atoms with Crippen LogP contribution in [0.4, 0.5) is 19.0 Å². The maximum atomic E-state index is 12.8. The molecule has 1 aliphatic rings. The number of phenols is 1. The fraction of sp³-hybridized carbons (Fsp3) is 0.444. The van der Waals surface area contributed by atoms with Crippen LogP contribution < -0.4 is 5.32 Å². The van der Waals surface area contributed by atoms with E-state index in [0.29, 0.717) is 30.7 Å². The quantitative estimate of drug-likeness (QED) is 0.847. The number of aromatic nitrogens is 2. The fourth-order valence-electron chi connectivity index (χ4n) is 3.00. The van der Waals surface area contributed by atoms with E-state index in [-0.39, 0.29) is 17.2 Å². The Morgan fingerprint density at radius 2 is 2.07 bits per heavy atom. The minimum atomic E-state index is -4.52. The number of rotatable bonds is 4. The highest BCUT2D eigenvalue weighted by Gasteiger charge is 2.32. The van der Waals surface area contributed by atoms with Crippen molar-refractivity contribution in [2.24, 2.45) is 0 Å². The predicted molar refractivity (Wildman–Crippen MR) is 94.6 cm³/mol. The Morgan fingerprint density at radius 3 is 2.67 bits per heavy atom. The summed E-state index contributed by atoms with van der Waals surface area (Å²) in [7, 11) is 2.03. The zero-order chi connectivity index (χ0) is 19.6. The maximum Gasteiger partial charge on any atom is 0.416 e. The first-order valence-electron chi connectivity index (χ1n) is 8.52. The fourth-order valence-corrected chi connectivity index (χ4v) is 3.00. The SMILES string of the molecule is Cc1cc(C(F)(F)F)cc(O)c1-c1ccc(NCC2COCCN2C)nn1. The number of aromatic hydroxyl groups is 1. The molecule has 1 atom stereocenters. The Morgan fingerprint density at radius 1 is 1.30 bits per heavy atom. The van der Waals surface area contributed by atoms with Gasteiger partial charge in [-0.1, -0.05) is 0 Å². The summed E-state index contributed by atoms with van der Waals surface area (Å²) in [6.45, 7) is 4.35. The smallest absolute Gasteiger partial charge is 0.416 e. The minimum absolute atomic E-state index is 0.224. The highest BCUT2D eigenvalue weighted by molar-refractivity contribution is 5.71. The van der Waals surface area contributed by atoms with Gasteiger partial charge in [-0.05, 0) is 43.8 Å². The van der Waals surface area contributed by atoms with Gasteiger partial charge < -0.3 is 15.2 Å². The molecule has 1 aromatic heterocycles. The van der Waals surface area contributed by atoms with Crippen molar-refractivity contribution < 1.29 is 23.0 Å². The van der Waals surface area contributed by atoms with Crippen molar-refractivity contribution in [3.63, 3.8) is 0 Å². The second-order valence-electron chi connectivity index (χ2n) is 6.58. The Labute approximate surface area is 155 Å². The van der Waals surface area contributed by atoms with Crippen LogP contribution in [0.2, 0.25) is 0 Å². The summed E-state index contributed by atoms with van der Waals surface area (Å²) in [6.07, 6.45) is -4.52. The van der Waals surface area contributed by atoms with E-state index in [1.54, 1.807) is 12.1 Å². The van der Waals surface area contributed by atoms with Crippen molar-refractivity contribution in [2.45, 2.75) is 19.1 Å². The summed E-state index contributed by atoms with van der Waals surface area (Å²) in [4.78, 5) is 2.20. The number of ether oxygens (including phenoxy) is 1. The summed E-state index contributed by atoms with van der Waals surface area (Å²) >= 11 is 0. The van der Waals surface area contributed by atoms with Crippen molar-refractivity contribution in [2.75, 3.05) is 38.7 Å². The van der Waals surface area contributed by atoms with Crippen molar-refractivity contribution in [1.82, 2.24) is 15.1 Å². The van der Waals surface area contributed by atoms with Crippen LogP contribution in [-0.4, -0.2) is 59.6 Å². The van der Waals surface area contributed by atoms with Gasteiger partial charge in [0.2, 0.25) is 0 Å². The molecule has 146 valence electrons. The van der Waals surface area contributed by atoms with Gasteiger partial charge in [0.05, 0.1) is 30.5 Å². The third-order valence-corrected chi connectivity index (χ3v) is 4.60. The number of phenolic OH excluding ortho intramolecular Hbond substituents is 1. The Bertz CT molecular complexity index is 773. The van der Waals surface area contributed by atoms with E-state index < -0.39 is 17.5 Å². The molecule has 1 aromatic carbocycles. The molecule has 1 saturated heterocycles. The summed E-state index contributed by atoms with van der Waals surface area (Å²) in [6, 6.07) is 5.21. The van der Waals surface area contributed by atoms with Gasteiger partial charge in [-0.15, -0.1) is 10.2 Å². The molecule has 0 radical (unpaired) electrons. The van der Waals surface area contributed by atoms with Gasteiger partial charge in [-0.25, -0.2) is 0 Å². The minimum Gasteiger partial charge on any atom is -0.507 e. The van der Waals surface area contributed by atoms with Crippen LogP contribution in [0.5, 0.6) is 5.75 Å². The lowest BCUT2D eigenvalue weighted by Crippen LogP contribution is -2.46. The summed E-state index contributed by atoms with van der Waals surface area (Å²) in [5, 5.41) is 21.3.